The zero-order chi connectivity index (χ0) is 27.8. The summed E-state index contributed by atoms with van der Waals surface area (Å²) in [6, 6.07) is 43.5. The molecule has 0 unspecified atom stereocenters. The molecule has 0 N–H and O–H groups in total. The Kier molecular flexibility index (Phi) is 4.85. The first-order chi connectivity index (χ1) is 20.7. The Morgan fingerprint density at radius 1 is 0.595 bits per heavy atom. The van der Waals surface area contributed by atoms with Gasteiger partial charge in [0.2, 0.25) is 0 Å². The van der Waals surface area contributed by atoms with Gasteiger partial charge in [-0.2, -0.15) is 0 Å². The fraction of sp³-hybridized carbons (Fsp3) is 0.0526. The van der Waals surface area contributed by atoms with Gasteiger partial charge in [0, 0.05) is 40.8 Å². The summed E-state index contributed by atoms with van der Waals surface area (Å²) < 4.78 is 4.61. The Labute approximate surface area is 243 Å². The highest BCUT2D eigenvalue weighted by molar-refractivity contribution is 6.10. The average Bonchev–Trinajstić information content (AvgIpc) is 3.69. The number of benzene rings is 5. The molecular weight excluding hydrogens is 512 g/mol. The van der Waals surface area contributed by atoms with Crippen molar-refractivity contribution in [3.8, 4) is 39.5 Å². The van der Waals surface area contributed by atoms with Crippen LogP contribution in [-0.4, -0.2) is 19.1 Å². The maximum Gasteiger partial charge on any atom is 0.140 e. The maximum atomic E-state index is 5.19. The van der Waals surface area contributed by atoms with E-state index < -0.39 is 0 Å². The van der Waals surface area contributed by atoms with Crippen LogP contribution in [0.1, 0.15) is 11.1 Å². The number of para-hydroxylation sites is 1. The first-order valence-corrected chi connectivity index (χ1v) is 14.4. The maximum absolute atomic E-state index is 5.19. The molecule has 0 radical (unpaired) electrons. The first-order valence-electron chi connectivity index (χ1n) is 14.4. The SMILES string of the molecule is Cn1c(-c2ccc3c4ccccc4n(-c4cccc(-c5ccccn5)c4)c3c2)nc2cc3c(cc21)-c1ccccc1C3. The normalized spacial score (nSPS) is 12.3. The van der Waals surface area contributed by atoms with Gasteiger partial charge in [-0.25, -0.2) is 4.98 Å². The van der Waals surface area contributed by atoms with Crippen molar-refractivity contribution in [3.63, 3.8) is 0 Å². The summed E-state index contributed by atoms with van der Waals surface area (Å²) in [5, 5.41) is 2.47. The molecule has 1 aliphatic carbocycles. The molecule has 5 aromatic carbocycles. The van der Waals surface area contributed by atoms with Gasteiger partial charge in [-0.05, 0) is 77.2 Å². The third-order valence-electron chi connectivity index (χ3n) is 8.79. The second kappa shape index (κ2) is 8.76. The number of rotatable bonds is 3. The van der Waals surface area contributed by atoms with E-state index in [1.807, 2.05) is 18.3 Å². The predicted octanol–water partition coefficient (Wildman–Crippen LogP) is 8.97. The molecule has 4 heteroatoms. The minimum Gasteiger partial charge on any atom is -0.327 e. The topological polar surface area (TPSA) is 35.6 Å². The molecule has 8 aromatic rings. The number of pyridine rings is 1. The third-order valence-corrected chi connectivity index (χ3v) is 8.79. The van der Waals surface area contributed by atoms with Crippen LogP contribution in [0.2, 0.25) is 0 Å². The van der Waals surface area contributed by atoms with Gasteiger partial charge in [-0.1, -0.05) is 72.8 Å². The van der Waals surface area contributed by atoms with Crippen LogP contribution in [0.3, 0.4) is 0 Å². The molecule has 198 valence electrons. The highest BCUT2D eigenvalue weighted by Crippen LogP contribution is 2.40. The number of imidazole rings is 1. The number of fused-ring (bicyclic) bond motifs is 7. The van der Waals surface area contributed by atoms with Gasteiger partial charge in [-0.3, -0.25) is 4.98 Å². The zero-order valence-electron chi connectivity index (χ0n) is 23.1. The minimum atomic E-state index is 0.968. The second-order valence-electron chi connectivity index (χ2n) is 11.2. The lowest BCUT2D eigenvalue weighted by atomic mass is 10.1. The van der Waals surface area contributed by atoms with Crippen LogP contribution in [0.25, 0.3) is 72.3 Å². The molecule has 1 aliphatic rings. The number of nitrogens with zero attached hydrogens (tertiary/aromatic N) is 4. The van der Waals surface area contributed by atoms with E-state index >= 15 is 0 Å². The largest absolute Gasteiger partial charge is 0.327 e. The molecule has 0 amide bonds. The fourth-order valence-corrected chi connectivity index (χ4v) is 6.80. The van der Waals surface area contributed by atoms with Crippen molar-refractivity contribution in [2.75, 3.05) is 0 Å². The van der Waals surface area contributed by atoms with E-state index in [4.69, 9.17) is 4.98 Å². The summed E-state index contributed by atoms with van der Waals surface area (Å²) in [5.74, 6) is 0.975. The van der Waals surface area contributed by atoms with Crippen molar-refractivity contribution in [2.45, 2.75) is 6.42 Å². The monoisotopic (exact) mass is 538 g/mol. The minimum absolute atomic E-state index is 0.968. The molecule has 0 atom stereocenters. The average molecular weight is 539 g/mol. The summed E-state index contributed by atoms with van der Waals surface area (Å²) in [6.07, 6.45) is 2.82. The number of aryl methyl sites for hydroxylation is 1. The molecule has 3 heterocycles. The van der Waals surface area contributed by atoms with Gasteiger partial charge in [0.05, 0.1) is 27.8 Å². The second-order valence-corrected chi connectivity index (χ2v) is 11.2. The van der Waals surface area contributed by atoms with Crippen molar-refractivity contribution in [3.05, 3.63) is 139 Å². The fourth-order valence-electron chi connectivity index (χ4n) is 6.80. The van der Waals surface area contributed by atoms with E-state index in [9.17, 15) is 0 Å². The van der Waals surface area contributed by atoms with Gasteiger partial charge >= 0.3 is 0 Å². The van der Waals surface area contributed by atoms with Crippen LogP contribution in [0.5, 0.6) is 0 Å². The van der Waals surface area contributed by atoms with E-state index in [1.54, 1.807) is 0 Å². The van der Waals surface area contributed by atoms with Gasteiger partial charge in [0.1, 0.15) is 5.82 Å². The van der Waals surface area contributed by atoms with Crippen molar-refractivity contribution in [2.24, 2.45) is 7.05 Å². The molecule has 0 bridgehead atoms. The van der Waals surface area contributed by atoms with Crippen LogP contribution in [-0.2, 0) is 13.5 Å². The summed E-state index contributed by atoms with van der Waals surface area (Å²) in [7, 11) is 2.13. The molecule has 0 saturated heterocycles. The van der Waals surface area contributed by atoms with E-state index in [1.165, 1.54) is 38.5 Å². The summed E-state index contributed by atoms with van der Waals surface area (Å²) in [6.45, 7) is 0. The molecular formula is C38H26N4. The molecule has 42 heavy (non-hydrogen) atoms. The lowest BCUT2D eigenvalue weighted by Gasteiger charge is -2.11. The lowest BCUT2D eigenvalue weighted by Crippen LogP contribution is -1.96. The van der Waals surface area contributed by atoms with Gasteiger partial charge < -0.3 is 9.13 Å². The predicted molar refractivity (Wildman–Crippen MR) is 172 cm³/mol. The molecule has 9 rings (SSSR count). The molecule has 3 aromatic heterocycles. The Hall–Kier alpha value is -5.48. The molecule has 4 nitrogen and oxygen atoms in total. The van der Waals surface area contributed by atoms with Crippen LogP contribution >= 0.6 is 0 Å². The summed E-state index contributed by atoms with van der Waals surface area (Å²) in [4.78, 5) is 9.78. The molecule has 0 saturated carbocycles. The van der Waals surface area contributed by atoms with E-state index in [0.29, 0.717) is 0 Å². The van der Waals surface area contributed by atoms with Crippen molar-refractivity contribution >= 4 is 32.8 Å². The molecule has 0 fully saturated rings. The summed E-state index contributed by atoms with van der Waals surface area (Å²) >= 11 is 0. The van der Waals surface area contributed by atoms with Crippen LogP contribution < -0.4 is 0 Å². The lowest BCUT2D eigenvalue weighted by molar-refractivity contribution is 0.959. The Balaban J connectivity index is 1.24. The zero-order valence-corrected chi connectivity index (χ0v) is 23.1. The van der Waals surface area contributed by atoms with Gasteiger partial charge in [0.25, 0.3) is 0 Å². The number of hydrogen-bond donors (Lipinski definition) is 0. The van der Waals surface area contributed by atoms with Gasteiger partial charge in [0.15, 0.2) is 0 Å². The van der Waals surface area contributed by atoms with Crippen LogP contribution in [0.4, 0.5) is 0 Å². The van der Waals surface area contributed by atoms with Crippen molar-refractivity contribution in [1.29, 1.82) is 0 Å². The molecule has 0 aliphatic heterocycles. The smallest absolute Gasteiger partial charge is 0.140 e. The van der Waals surface area contributed by atoms with Crippen molar-refractivity contribution < 1.29 is 0 Å². The summed E-state index contributed by atoms with van der Waals surface area (Å²) in [5.41, 5.74) is 14.3. The Morgan fingerprint density at radius 3 is 2.38 bits per heavy atom. The van der Waals surface area contributed by atoms with E-state index in [-0.39, 0.29) is 0 Å². The van der Waals surface area contributed by atoms with E-state index in [2.05, 4.69) is 130 Å². The van der Waals surface area contributed by atoms with Gasteiger partial charge in [-0.15, -0.1) is 0 Å². The van der Waals surface area contributed by atoms with Crippen LogP contribution in [0.15, 0.2) is 128 Å². The van der Waals surface area contributed by atoms with Crippen molar-refractivity contribution in [1.82, 2.24) is 19.1 Å². The third kappa shape index (κ3) is 3.36. The molecule has 0 spiro atoms. The Bertz CT molecular complexity index is 2340. The number of hydrogen-bond acceptors (Lipinski definition) is 2. The quantitative estimate of drug-likeness (QED) is 0.225. The highest BCUT2D eigenvalue weighted by atomic mass is 15.1. The Morgan fingerprint density at radius 2 is 1.45 bits per heavy atom. The number of aromatic nitrogens is 4. The highest BCUT2D eigenvalue weighted by Gasteiger charge is 2.22. The van der Waals surface area contributed by atoms with Crippen LogP contribution in [0, 0.1) is 0 Å². The van der Waals surface area contributed by atoms with E-state index in [0.717, 1.165) is 51.3 Å². The first kappa shape index (κ1) is 23.2. The standard InChI is InChI=1S/C38H26N4/c1-41-37-23-32-27(19-24-9-2-3-12-29(24)32)21-34(37)40-38(41)26-16-17-31-30-13-4-5-15-35(30)42(36(31)22-26)28-11-8-10-25(20-28)33-14-6-7-18-39-33/h2-18,20-23H,19H2,1H3.